The standard InChI is InChI=1S/C8H16O7/c1-4(10)6(12)7(13)8(14)15-3-5(11)2-9/h4-7,9-13H,2-3H2,1H3. The number of ether oxygens (including phenoxy) is 1. The Bertz CT molecular complexity index is 193. The zero-order chi connectivity index (χ0) is 12.0. The third kappa shape index (κ3) is 5.05. The summed E-state index contributed by atoms with van der Waals surface area (Å²) in [5, 5.41) is 44.3. The van der Waals surface area contributed by atoms with Crippen molar-refractivity contribution in [1.29, 1.82) is 0 Å². The van der Waals surface area contributed by atoms with Crippen molar-refractivity contribution in [2.75, 3.05) is 13.2 Å². The van der Waals surface area contributed by atoms with E-state index in [1.807, 2.05) is 0 Å². The molecule has 7 nitrogen and oxygen atoms in total. The van der Waals surface area contributed by atoms with Crippen molar-refractivity contribution in [3.05, 3.63) is 0 Å². The number of carbonyl (C=O) groups excluding carboxylic acids is 1. The fraction of sp³-hybridized carbons (Fsp3) is 0.875. The van der Waals surface area contributed by atoms with Crippen molar-refractivity contribution < 1.29 is 35.1 Å². The smallest absolute Gasteiger partial charge is 0.337 e. The highest BCUT2D eigenvalue weighted by Crippen LogP contribution is 2.02. The maximum Gasteiger partial charge on any atom is 0.337 e. The van der Waals surface area contributed by atoms with Crippen molar-refractivity contribution in [3.8, 4) is 0 Å². The van der Waals surface area contributed by atoms with Gasteiger partial charge in [0.15, 0.2) is 6.10 Å². The number of aliphatic hydroxyl groups is 5. The van der Waals surface area contributed by atoms with Gasteiger partial charge < -0.3 is 30.3 Å². The van der Waals surface area contributed by atoms with Crippen molar-refractivity contribution >= 4 is 5.97 Å². The Kier molecular flexibility index (Phi) is 6.37. The number of esters is 1. The second-order valence-corrected chi connectivity index (χ2v) is 3.14. The maximum absolute atomic E-state index is 11.0. The van der Waals surface area contributed by atoms with Gasteiger partial charge in [-0.3, -0.25) is 0 Å². The van der Waals surface area contributed by atoms with Gasteiger partial charge in [-0.15, -0.1) is 0 Å². The van der Waals surface area contributed by atoms with Crippen LogP contribution in [0, 0.1) is 0 Å². The van der Waals surface area contributed by atoms with E-state index < -0.39 is 43.6 Å². The summed E-state index contributed by atoms with van der Waals surface area (Å²) in [6.07, 6.45) is -6.04. The molecule has 0 radical (unpaired) electrons. The van der Waals surface area contributed by atoms with Gasteiger partial charge in [-0.1, -0.05) is 0 Å². The van der Waals surface area contributed by atoms with E-state index in [4.69, 9.17) is 25.5 Å². The molecular weight excluding hydrogens is 208 g/mol. The van der Waals surface area contributed by atoms with Crippen molar-refractivity contribution in [2.45, 2.75) is 31.3 Å². The molecule has 0 aromatic rings. The lowest BCUT2D eigenvalue weighted by atomic mass is 10.1. The lowest BCUT2D eigenvalue weighted by molar-refractivity contribution is -0.167. The van der Waals surface area contributed by atoms with E-state index in [0.29, 0.717) is 0 Å². The van der Waals surface area contributed by atoms with Crippen LogP contribution >= 0.6 is 0 Å². The molecule has 0 heterocycles. The average Bonchev–Trinajstić information content (AvgIpc) is 2.22. The van der Waals surface area contributed by atoms with Crippen LogP contribution in [-0.4, -0.2) is 69.1 Å². The summed E-state index contributed by atoms with van der Waals surface area (Å²) < 4.78 is 4.36. The molecule has 5 N–H and O–H groups in total. The fourth-order valence-electron chi connectivity index (χ4n) is 0.720. The van der Waals surface area contributed by atoms with Crippen LogP contribution < -0.4 is 0 Å². The summed E-state index contributed by atoms with van der Waals surface area (Å²) in [4.78, 5) is 11.0. The SMILES string of the molecule is CC(O)C(O)C(O)C(=O)OCC(O)CO. The van der Waals surface area contributed by atoms with Gasteiger partial charge in [-0.25, -0.2) is 4.79 Å². The topological polar surface area (TPSA) is 127 Å². The van der Waals surface area contributed by atoms with Crippen LogP contribution in [-0.2, 0) is 9.53 Å². The van der Waals surface area contributed by atoms with Crippen LogP contribution in [0.1, 0.15) is 6.92 Å². The molecule has 0 aromatic heterocycles. The molecule has 0 aliphatic carbocycles. The molecule has 0 saturated heterocycles. The first kappa shape index (κ1) is 14.3. The second-order valence-electron chi connectivity index (χ2n) is 3.14. The van der Waals surface area contributed by atoms with Gasteiger partial charge in [0.1, 0.15) is 18.8 Å². The van der Waals surface area contributed by atoms with Gasteiger partial charge in [0.25, 0.3) is 0 Å². The zero-order valence-corrected chi connectivity index (χ0v) is 8.28. The summed E-state index contributed by atoms with van der Waals surface area (Å²) >= 11 is 0. The fourth-order valence-corrected chi connectivity index (χ4v) is 0.720. The lowest BCUT2D eigenvalue weighted by Crippen LogP contribution is -2.42. The molecule has 7 heteroatoms. The second kappa shape index (κ2) is 6.70. The minimum atomic E-state index is -1.88. The van der Waals surface area contributed by atoms with Gasteiger partial charge >= 0.3 is 5.97 Å². The number of hydrogen-bond donors (Lipinski definition) is 5. The predicted molar refractivity (Wildman–Crippen MR) is 47.7 cm³/mol. The Labute approximate surface area is 86.5 Å². The maximum atomic E-state index is 11.0. The minimum absolute atomic E-state index is 0.487. The summed E-state index contributed by atoms with van der Waals surface area (Å²) in [7, 11) is 0. The molecule has 0 spiro atoms. The minimum Gasteiger partial charge on any atom is -0.461 e. The molecule has 4 unspecified atom stereocenters. The van der Waals surface area contributed by atoms with E-state index in [1.165, 1.54) is 6.92 Å². The molecule has 0 aromatic carbocycles. The van der Waals surface area contributed by atoms with Crippen LogP contribution in [0.2, 0.25) is 0 Å². The average molecular weight is 224 g/mol. The van der Waals surface area contributed by atoms with Crippen LogP contribution in [0.5, 0.6) is 0 Å². The quantitative estimate of drug-likeness (QED) is 0.304. The molecule has 0 amide bonds. The van der Waals surface area contributed by atoms with Crippen LogP contribution in [0.15, 0.2) is 0 Å². The number of carbonyl (C=O) groups is 1. The molecule has 0 aliphatic rings. The first-order valence-electron chi connectivity index (χ1n) is 4.40. The predicted octanol–water partition coefficient (Wildman–Crippen LogP) is -3.01. The molecule has 0 saturated carbocycles. The molecule has 15 heavy (non-hydrogen) atoms. The Hall–Kier alpha value is -0.730. The Morgan fingerprint density at radius 3 is 2.20 bits per heavy atom. The summed E-state index contributed by atoms with van der Waals surface area (Å²) in [5.74, 6) is -1.17. The van der Waals surface area contributed by atoms with Crippen LogP contribution in [0.25, 0.3) is 0 Å². The van der Waals surface area contributed by atoms with Crippen molar-refractivity contribution in [3.63, 3.8) is 0 Å². The summed E-state index contributed by atoms with van der Waals surface area (Å²) in [6, 6.07) is 0. The van der Waals surface area contributed by atoms with Crippen LogP contribution in [0.4, 0.5) is 0 Å². The van der Waals surface area contributed by atoms with Gasteiger partial charge in [-0.2, -0.15) is 0 Å². The van der Waals surface area contributed by atoms with E-state index in [2.05, 4.69) is 4.74 Å². The first-order valence-corrected chi connectivity index (χ1v) is 4.40. The lowest BCUT2D eigenvalue weighted by Gasteiger charge is -2.19. The normalized spacial score (nSPS) is 19.1. The number of hydrogen-bond acceptors (Lipinski definition) is 7. The Balaban J connectivity index is 3.99. The Morgan fingerprint density at radius 1 is 1.27 bits per heavy atom. The highest BCUT2D eigenvalue weighted by atomic mass is 16.6. The molecule has 4 atom stereocenters. The van der Waals surface area contributed by atoms with Gasteiger partial charge in [0.05, 0.1) is 12.7 Å². The third-order valence-corrected chi connectivity index (χ3v) is 1.69. The highest BCUT2D eigenvalue weighted by molar-refractivity contribution is 5.75. The van der Waals surface area contributed by atoms with Crippen molar-refractivity contribution in [1.82, 2.24) is 0 Å². The summed E-state index contributed by atoms with van der Waals surface area (Å²) in [6.45, 7) is 0.130. The van der Waals surface area contributed by atoms with E-state index in [1.54, 1.807) is 0 Å². The molecule has 0 fully saturated rings. The van der Waals surface area contributed by atoms with E-state index in [9.17, 15) is 4.79 Å². The van der Waals surface area contributed by atoms with Gasteiger partial charge in [0, 0.05) is 0 Å². The highest BCUT2D eigenvalue weighted by Gasteiger charge is 2.29. The van der Waals surface area contributed by atoms with Crippen LogP contribution in [0.3, 0.4) is 0 Å². The Morgan fingerprint density at radius 2 is 1.80 bits per heavy atom. The number of rotatable bonds is 6. The van der Waals surface area contributed by atoms with Crippen molar-refractivity contribution in [2.24, 2.45) is 0 Å². The molecule has 0 rings (SSSR count). The number of aliphatic hydroxyl groups excluding tert-OH is 5. The van der Waals surface area contributed by atoms with Gasteiger partial charge in [0.2, 0.25) is 0 Å². The molecular formula is C8H16O7. The first-order chi connectivity index (χ1) is 6.90. The molecule has 90 valence electrons. The molecule has 0 bridgehead atoms. The monoisotopic (exact) mass is 224 g/mol. The van der Waals surface area contributed by atoms with E-state index in [0.717, 1.165) is 0 Å². The third-order valence-electron chi connectivity index (χ3n) is 1.69. The molecule has 0 aliphatic heterocycles. The largest absolute Gasteiger partial charge is 0.461 e. The summed E-state index contributed by atoms with van der Waals surface area (Å²) in [5.41, 5.74) is 0. The van der Waals surface area contributed by atoms with Gasteiger partial charge in [-0.05, 0) is 6.92 Å². The zero-order valence-electron chi connectivity index (χ0n) is 8.28. The van der Waals surface area contributed by atoms with E-state index in [-0.39, 0.29) is 0 Å². The van der Waals surface area contributed by atoms with E-state index >= 15 is 0 Å².